The van der Waals surface area contributed by atoms with Crippen LogP contribution in [0.3, 0.4) is 0 Å². The first-order valence-corrected chi connectivity index (χ1v) is 9.88. The number of nitrogens with zero attached hydrogens (tertiary/aromatic N) is 1. The van der Waals surface area contributed by atoms with Crippen LogP contribution in [0, 0.1) is 0 Å². The Balaban J connectivity index is 2.08. The largest absolute Gasteiger partial charge is 0.363 e. The molecule has 0 aromatic heterocycles. The third-order valence-corrected chi connectivity index (χ3v) is 5.27. The summed E-state index contributed by atoms with van der Waals surface area (Å²) in [6, 6.07) is 5.75. The van der Waals surface area contributed by atoms with Gasteiger partial charge in [0.25, 0.3) is 21.9 Å². The number of halogens is 1. The third-order valence-electron chi connectivity index (χ3n) is 3.34. The van der Waals surface area contributed by atoms with E-state index in [1.165, 1.54) is 24.3 Å². The fourth-order valence-corrected chi connectivity index (χ4v) is 3.05. The van der Waals surface area contributed by atoms with E-state index in [1.54, 1.807) is 0 Å². The number of amides is 2. The molecule has 0 aliphatic carbocycles. The van der Waals surface area contributed by atoms with Crippen LogP contribution < -0.4 is 0 Å². The molecule has 1 unspecified atom stereocenters. The Morgan fingerprint density at radius 1 is 1.24 bits per heavy atom. The van der Waals surface area contributed by atoms with Crippen molar-refractivity contribution in [2.45, 2.75) is 18.1 Å². The van der Waals surface area contributed by atoms with Crippen molar-refractivity contribution in [2.24, 2.45) is 0 Å². The second kappa shape index (κ2) is 7.58. The highest BCUT2D eigenvalue weighted by Gasteiger charge is 2.48. The molecule has 1 aromatic carbocycles. The maximum Gasteiger partial charge on any atom is 0.363 e. The standard InChI is InChI=1S/C14H12INO8S/c15-7-10(17)5-8-1-3-9(4-2-8)14(20)24-16-12(18)6-11(13(16)19)25(21,22)23/h1-4,11H,5-7H2,(H,21,22,23). The summed E-state index contributed by atoms with van der Waals surface area (Å²) in [5.74, 6) is -3.42. The molecule has 0 bridgehead atoms. The van der Waals surface area contributed by atoms with Crippen LogP contribution in [0.5, 0.6) is 0 Å². The zero-order valence-electron chi connectivity index (χ0n) is 12.5. The maximum absolute atomic E-state index is 12.0. The van der Waals surface area contributed by atoms with Gasteiger partial charge >= 0.3 is 5.97 Å². The fraction of sp³-hybridized carbons (Fsp3) is 0.286. The van der Waals surface area contributed by atoms with Crippen LogP contribution >= 0.6 is 22.6 Å². The number of hydrogen-bond acceptors (Lipinski definition) is 7. The summed E-state index contributed by atoms with van der Waals surface area (Å²) in [6.45, 7) is 0. The molecule has 0 radical (unpaired) electrons. The molecule has 1 aromatic rings. The van der Waals surface area contributed by atoms with Crippen LogP contribution in [0.1, 0.15) is 22.3 Å². The van der Waals surface area contributed by atoms with Gasteiger partial charge in [-0.1, -0.05) is 34.7 Å². The van der Waals surface area contributed by atoms with Crippen LogP contribution in [0.4, 0.5) is 0 Å². The van der Waals surface area contributed by atoms with E-state index in [2.05, 4.69) is 4.84 Å². The Hall–Kier alpha value is -1.86. The SMILES string of the molecule is O=C(CI)Cc1ccc(C(=O)ON2C(=O)CC(S(=O)(=O)O)C2=O)cc1. The number of benzene rings is 1. The molecule has 1 fully saturated rings. The fourth-order valence-electron chi connectivity index (χ4n) is 2.08. The van der Waals surface area contributed by atoms with Gasteiger partial charge in [0.15, 0.2) is 5.25 Å². The molecule has 25 heavy (non-hydrogen) atoms. The Labute approximate surface area is 156 Å². The zero-order chi connectivity index (χ0) is 18.8. The van der Waals surface area contributed by atoms with E-state index >= 15 is 0 Å². The molecule has 9 nitrogen and oxygen atoms in total. The lowest BCUT2D eigenvalue weighted by Gasteiger charge is -2.13. The molecule has 1 aliphatic heterocycles. The van der Waals surface area contributed by atoms with Crippen molar-refractivity contribution >= 4 is 56.3 Å². The third kappa shape index (κ3) is 4.61. The number of ketones is 1. The number of hydroxylamine groups is 2. The van der Waals surface area contributed by atoms with Crippen molar-refractivity contribution in [3.8, 4) is 0 Å². The smallest absolute Gasteiger partial charge is 0.325 e. The summed E-state index contributed by atoms with van der Waals surface area (Å²) in [5, 5.41) is -1.94. The first-order chi connectivity index (χ1) is 11.6. The number of Topliss-reactive ketones (excluding diaryl/α,β-unsaturated/α-hetero) is 1. The topological polar surface area (TPSA) is 135 Å². The predicted octanol–water partition coefficient (Wildman–Crippen LogP) is 0.320. The summed E-state index contributed by atoms with van der Waals surface area (Å²) < 4.78 is 31.3. The first-order valence-electron chi connectivity index (χ1n) is 6.85. The quantitative estimate of drug-likeness (QED) is 0.266. The minimum atomic E-state index is -4.77. The van der Waals surface area contributed by atoms with Crippen molar-refractivity contribution < 1.29 is 37.0 Å². The Morgan fingerprint density at radius 3 is 2.32 bits per heavy atom. The molecule has 1 atom stereocenters. The van der Waals surface area contributed by atoms with Crippen LogP contribution in [-0.4, -0.2) is 51.3 Å². The van der Waals surface area contributed by atoms with Gasteiger partial charge in [0, 0.05) is 6.42 Å². The molecule has 1 N–H and O–H groups in total. The number of carbonyl (C=O) groups is 4. The van der Waals surface area contributed by atoms with Gasteiger partial charge in [-0.2, -0.15) is 8.42 Å². The Kier molecular flexibility index (Phi) is 5.90. The summed E-state index contributed by atoms with van der Waals surface area (Å²) in [6.07, 6.45) is -0.598. The second-order valence-corrected chi connectivity index (χ2v) is 7.52. The molecule has 2 rings (SSSR count). The summed E-state index contributed by atoms with van der Waals surface area (Å²) in [5.41, 5.74) is 0.680. The van der Waals surface area contributed by atoms with Crippen LogP contribution in [-0.2, 0) is 35.8 Å². The monoisotopic (exact) mass is 481 g/mol. The summed E-state index contributed by atoms with van der Waals surface area (Å²) >= 11 is 1.94. The van der Waals surface area contributed by atoms with E-state index in [9.17, 15) is 27.6 Å². The highest BCUT2D eigenvalue weighted by molar-refractivity contribution is 14.1. The minimum Gasteiger partial charge on any atom is -0.325 e. The van der Waals surface area contributed by atoms with Crippen molar-refractivity contribution in [3.63, 3.8) is 0 Å². The lowest BCUT2D eigenvalue weighted by atomic mass is 10.1. The second-order valence-electron chi connectivity index (χ2n) is 5.16. The average molecular weight is 481 g/mol. The molecular formula is C14H12INO8S. The number of hydrogen-bond donors (Lipinski definition) is 1. The molecule has 1 heterocycles. The van der Waals surface area contributed by atoms with Gasteiger partial charge in [0.2, 0.25) is 0 Å². The van der Waals surface area contributed by atoms with E-state index < -0.39 is 39.6 Å². The van der Waals surface area contributed by atoms with E-state index in [0.29, 0.717) is 9.99 Å². The minimum absolute atomic E-state index is 0.00146. The number of carbonyl (C=O) groups excluding carboxylic acids is 4. The maximum atomic E-state index is 12.0. The number of alkyl halides is 1. The summed E-state index contributed by atoms with van der Waals surface area (Å²) in [7, 11) is -4.77. The lowest BCUT2D eigenvalue weighted by Crippen LogP contribution is -2.36. The molecule has 1 saturated heterocycles. The molecule has 2 amide bonds. The van der Waals surface area contributed by atoms with Crippen molar-refractivity contribution in [1.82, 2.24) is 5.06 Å². The predicted molar refractivity (Wildman–Crippen MR) is 91.3 cm³/mol. The number of rotatable bonds is 6. The van der Waals surface area contributed by atoms with Gasteiger partial charge in [-0.15, -0.1) is 5.06 Å². The normalized spacial score (nSPS) is 17.7. The van der Waals surface area contributed by atoms with Crippen LogP contribution in [0.2, 0.25) is 0 Å². The van der Waals surface area contributed by atoms with E-state index in [-0.39, 0.29) is 22.8 Å². The van der Waals surface area contributed by atoms with Crippen molar-refractivity contribution in [3.05, 3.63) is 35.4 Å². The van der Waals surface area contributed by atoms with Gasteiger partial charge < -0.3 is 4.84 Å². The van der Waals surface area contributed by atoms with Crippen molar-refractivity contribution in [1.29, 1.82) is 0 Å². The highest BCUT2D eigenvalue weighted by Crippen LogP contribution is 2.20. The van der Waals surface area contributed by atoms with Crippen LogP contribution in [0.15, 0.2) is 24.3 Å². The molecule has 0 spiro atoms. The zero-order valence-corrected chi connectivity index (χ0v) is 15.5. The number of imide groups is 1. The Bertz CT molecular complexity index is 833. The Morgan fingerprint density at radius 2 is 1.84 bits per heavy atom. The van der Waals surface area contributed by atoms with Gasteiger partial charge in [-0.3, -0.25) is 18.9 Å². The molecular weight excluding hydrogens is 469 g/mol. The van der Waals surface area contributed by atoms with Crippen LogP contribution in [0.25, 0.3) is 0 Å². The van der Waals surface area contributed by atoms with E-state index in [1.807, 2.05) is 22.6 Å². The summed E-state index contributed by atoms with van der Waals surface area (Å²) in [4.78, 5) is 51.4. The molecule has 0 saturated carbocycles. The van der Waals surface area contributed by atoms with Crippen molar-refractivity contribution in [2.75, 3.05) is 4.43 Å². The molecule has 1 aliphatic rings. The molecule has 11 heteroatoms. The highest BCUT2D eigenvalue weighted by atomic mass is 127. The first kappa shape index (κ1) is 19.5. The van der Waals surface area contributed by atoms with Gasteiger partial charge in [-0.25, -0.2) is 4.79 Å². The average Bonchev–Trinajstić information content (AvgIpc) is 2.83. The lowest BCUT2D eigenvalue weighted by molar-refractivity contribution is -0.172. The van der Waals surface area contributed by atoms with Gasteiger partial charge in [-0.05, 0) is 17.7 Å². The molecule has 134 valence electrons. The van der Waals surface area contributed by atoms with Gasteiger partial charge in [0.05, 0.1) is 16.4 Å². The van der Waals surface area contributed by atoms with E-state index in [4.69, 9.17) is 4.55 Å². The van der Waals surface area contributed by atoms with Gasteiger partial charge in [0.1, 0.15) is 5.78 Å². The van der Waals surface area contributed by atoms with E-state index in [0.717, 1.165) is 0 Å².